The van der Waals surface area contributed by atoms with Crippen molar-refractivity contribution in [2.24, 2.45) is 28.6 Å². The van der Waals surface area contributed by atoms with Crippen molar-refractivity contribution in [3.63, 3.8) is 0 Å². The summed E-state index contributed by atoms with van der Waals surface area (Å²) < 4.78 is 0. The second-order valence-electron chi connectivity index (χ2n) is 9.45. The quantitative estimate of drug-likeness (QED) is 0.645. The number of hydrogen-bond acceptors (Lipinski definition) is 3. The lowest BCUT2D eigenvalue weighted by Crippen LogP contribution is -2.68. The zero-order valence-electron chi connectivity index (χ0n) is 14.1. The minimum Gasteiger partial charge on any atom is -0.393 e. The Labute approximate surface area is 134 Å². The van der Waals surface area contributed by atoms with Crippen molar-refractivity contribution < 1.29 is 15.3 Å². The average molecular weight is 308 g/mol. The van der Waals surface area contributed by atoms with Gasteiger partial charge in [-0.3, -0.25) is 0 Å². The number of fused-ring (bicyclic) bond motifs is 5. The average Bonchev–Trinajstić information content (AvgIpc) is 2.84. The maximum atomic E-state index is 11.3. The Morgan fingerprint density at radius 2 is 1.68 bits per heavy atom. The smallest absolute Gasteiger partial charge is 0.0985 e. The van der Waals surface area contributed by atoms with Crippen LogP contribution >= 0.6 is 0 Å². The molecule has 8 unspecified atom stereocenters. The van der Waals surface area contributed by atoms with Crippen molar-refractivity contribution in [3.05, 3.63) is 0 Å². The van der Waals surface area contributed by atoms with E-state index in [0.29, 0.717) is 23.7 Å². The van der Waals surface area contributed by atoms with Gasteiger partial charge in [0.25, 0.3) is 0 Å². The Morgan fingerprint density at radius 1 is 0.909 bits per heavy atom. The highest BCUT2D eigenvalue weighted by Crippen LogP contribution is 2.67. The molecular weight excluding hydrogens is 276 g/mol. The van der Waals surface area contributed by atoms with Gasteiger partial charge in [-0.2, -0.15) is 0 Å². The van der Waals surface area contributed by atoms with E-state index in [9.17, 15) is 15.3 Å². The van der Waals surface area contributed by atoms with E-state index in [1.54, 1.807) is 0 Å². The van der Waals surface area contributed by atoms with Crippen LogP contribution in [0.15, 0.2) is 0 Å². The normalized spacial score (nSPS) is 61.2. The lowest BCUT2D eigenvalue weighted by atomic mass is 9.43. The first kappa shape index (κ1) is 15.4. The predicted molar refractivity (Wildman–Crippen MR) is 85.2 cm³/mol. The van der Waals surface area contributed by atoms with Gasteiger partial charge >= 0.3 is 0 Å². The summed E-state index contributed by atoms with van der Waals surface area (Å²) >= 11 is 0. The van der Waals surface area contributed by atoms with E-state index in [1.807, 2.05) is 0 Å². The summed E-state index contributed by atoms with van der Waals surface area (Å²) in [6, 6.07) is 0. The highest BCUT2D eigenvalue weighted by atomic mass is 16.3. The zero-order valence-corrected chi connectivity index (χ0v) is 14.1. The first-order valence-electron chi connectivity index (χ1n) is 9.39. The predicted octanol–water partition coefficient (Wildman–Crippen LogP) is 2.87. The van der Waals surface area contributed by atoms with Crippen molar-refractivity contribution in [2.75, 3.05) is 0 Å². The summed E-state index contributed by atoms with van der Waals surface area (Å²) in [5.74, 6) is 1.82. The van der Waals surface area contributed by atoms with E-state index in [4.69, 9.17) is 0 Å². The fourth-order valence-electron chi connectivity index (χ4n) is 7.25. The fourth-order valence-corrected chi connectivity index (χ4v) is 7.25. The monoisotopic (exact) mass is 308 g/mol. The number of aliphatic hydroxyl groups excluding tert-OH is 2. The van der Waals surface area contributed by atoms with Gasteiger partial charge in [-0.15, -0.1) is 0 Å². The topological polar surface area (TPSA) is 60.7 Å². The number of aliphatic hydroxyl groups is 3. The van der Waals surface area contributed by atoms with E-state index < -0.39 is 17.8 Å². The second kappa shape index (κ2) is 4.70. The third-order valence-corrected chi connectivity index (χ3v) is 8.62. The lowest BCUT2D eigenvalue weighted by molar-refractivity contribution is -0.263. The summed E-state index contributed by atoms with van der Waals surface area (Å²) in [5.41, 5.74) is -0.836. The van der Waals surface area contributed by atoms with Gasteiger partial charge in [-0.25, -0.2) is 0 Å². The van der Waals surface area contributed by atoms with Crippen LogP contribution in [-0.2, 0) is 0 Å². The van der Waals surface area contributed by atoms with Crippen LogP contribution in [0.25, 0.3) is 0 Å². The van der Waals surface area contributed by atoms with E-state index in [-0.39, 0.29) is 5.41 Å². The van der Waals surface area contributed by atoms with Crippen molar-refractivity contribution in [2.45, 2.75) is 89.4 Å². The molecule has 0 aromatic heterocycles. The summed E-state index contributed by atoms with van der Waals surface area (Å²) in [6.07, 6.45) is 8.06. The molecule has 4 rings (SSSR count). The minimum absolute atomic E-state index is 0.224. The van der Waals surface area contributed by atoms with Gasteiger partial charge in [0.2, 0.25) is 0 Å². The lowest BCUT2D eigenvalue weighted by Gasteiger charge is -2.65. The van der Waals surface area contributed by atoms with Gasteiger partial charge < -0.3 is 15.3 Å². The Morgan fingerprint density at radius 3 is 2.45 bits per heavy atom. The van der Waals surface area contributed by atoms with Gasteiger partial charge in [-0.05, 0) is 68.1 Å². The van der Waals surface area contributed by atoms with E-state index in [0.717, 1.165) is 25.2 Å². The molecule has 0 bridgehead atoms. The Hall–Kier alpha value is -0.120. The highest BCUT2D eigenvalue weighted by molar-refractivity contribution is 5.16. The van der Waals surface area contributed by atoms with Crippen LogP contribution in [0.5, 0.6) is 0 Å². The van der Waals surface area contributed by atoms with Gasteiger partial charge in [0.15, 0.2) is 0 Å². The molecule has 3 heteroatoms. The first-order valence-corrected chi connectivity index (χ1v) is 9.39. The van der Waals surface area contributed by atoms with Crippen molar-refractivity contribution >= 4 is 0 Å². The molecule has 0 spiro atoms. The molecule has 4 saturated carbocycles. The van der Waals surface area contributed by atoms with Gasteiger partial charge in [0, 0.05) is 11.8 Å². The molecule has 126 valence electrons. The Kier molecular flexibility index (Phi) is 3.30. The van der Waals surface area contributed by atoms with Crippen molar-refractivity contribution in [3.8, 4) is 0 Å². The molecule has 0 aliphatic heterocycles. The molecule has 3 nitrogen and oxygen atoms in total. The molecule has 0 aromatic carbocycles. The molecule has 4 aliphatic carbocycles. The number of hydrogen-bond donors (Lipinski definition) is 3. The molecule has 3 N–H and O–H groups in total. The molecule has 22 heavy (non-hydrogen) atoms. The summed E-state index contributed by atoms with van der Waals surface area (Å²) in [5, 5.41) is 32.2. The largest absolute Gasteiger partial charge is 0.393 e. The SMILES string of the molecule is CC12CCCC1C1CC(O)C3(O)CC(O)CCC3(C)C1CC2. The third kappa shape index (κ3) is 1.79. The van der Waals surface area contributed by atoms with Crippen LogP contribution in [0.3, 0.4) is 0 Å². The van der Waals surface area contributed by atoms with Gasteiger partial charge in [-0.1, -0.05) is 20.3 Å². The second-order valence-corrected chi connectivity index (χ2v) is 9.45. The minimum atomic E-state index is -1.09. The molecule has 4 fully saturated rings. The third-order valence-electron chi connectivity index (χ3n) is 8.62. The van der Waals surface area contributed by atoms with Crippen LogP contribution in [0.2, 0.25) is 0 Å². The molecular formula is C19H32O3. The van der Waals surface area contributed by atoms with E-state index >= 15 is 0 Å². The fraction of sp³-hybridized carbons (Fsp3) is 1.00. The van der Waals surface area contributed by atoms with Gasteiger partial charge in [0.05, 0.1) is 17.8 Å². The summed E-state index contributed by atoms with van der Waals surface area (Å²) in [4.78, 5) is 0. The van der Waals surface area contributed by atoms with Crippen LogP contribution in [0.4, 0.5) is 0 Å². The van der Waals surface area contributed by atoms with E-state index in [1.165, 1.54) is 32.1 Å². The molecule has 0 aromatic rings. The molecule has 0 amide bonds. The van der Waals surface area contributed by atoms with Crippen molar-refractivity contribution in [1.82, 2.24) is 0 Å². The maximum absolute atomic E-state index is 11.3. The van der Waals surface area contributed by atoms with Gasteiger partial charge in [0.1, 0.15) is 0 Å². The molecule has 0 radical (unpaired) electrons. The van der Waals surface area contributed by atoms with Crippen molar-refractivity contribution in [1.29, 1.82) is 0 Å². The first-order chi connectivity index (χ1) is 10.3. The summed E-state index contributed by atoms with van der Waals surface area (Å²) in [6.45, 7) is 4.66. The van der Waals surface area contributed by atoms with Crippen LogP contribution in [0.1, 0.15) is 71.6 Å². The van der Waals surface area contributed by atoms with Crippen LogP contribution in [0, 0.1) is 28.6 Å². The maximum Gasteiger partial charge on any atom is 0.0985 e. The number of rotatable bonds is 0. The standard InChI is InChI=1S/C19H32O3/c1-17-7-3-4-14(17)13-10-16(21)19(22)11-12(20)5-9-18(19,2)15(13)6-8-17/h12-16,20-22H,3-11H2,1-2H3. The summed E-state index contributed by atoms with van der Waals surface area (Å²) in [7, 11) is 0. The highest BCUT2D eigenvalue weighted by Gasteiger charge is 2.66. The van der Waals surface area contributed by atoms with Crippen LogP contribution < -0.4 is 0 Å². The Balaban J connectivity index is 1.71. The Bertz CT molecular complexity index is 466. The molecule has 0 saturated heterocycles. The van der Waals surface area contributed by atoms with E-state index in [2.05, 4.69) is 13.8 Å². The molecule has 0 heterocycles. The molecule has 4 aliphatic rings. The molecule has 8 atom stereocenters. The van der Waals surface area contributed by atoms with Crippen LogP contribution in [-0.4, -0.2) is 33.1 Å². The zero-order chi connectivity index (χ0) is 15.8.